The van der Waals surface area contributed by atoms with Gasteiger partial charge in [0.15, 0.2) is 0 Å². The number of nitrogens with one attached hydrogen (secondary N) is 1. The Labute approximate surface area is 106 Å². The minimum Gasteiger partial charge on any atom is -0.347 e. The maximum atomic E-state index is 13.4. The third kappa shape index (κ3) is 3.98. The fraction of sp³-hybridized carbons (Fsp3) is 0.417. The van der Waals surface area contributed by atoms with E-state index in [1.165, 1.54) is 17.0 Å². The largest absolute Gasteiger partial charge is 0.347 e. The normalized spacial score (nSPS) is 12.3. The van der Waals surface area contributed by atoms with Gasteiger partial charge < -0.3 is 10.2 Å². The van der Waals surface area contributed by atoms with E-state index in [0.717, 1.165) is 0 Å². The van der Waals surface area contributed by atoms with Gasteiger partial charge in [0, 0.05) is 31.2 Å². The van der Waals surface area contributed by atoms with Crippen LogP contribution >= 0.6 is 11.6 Å². The number of benzene rings is 1. The first-order valence-corrected chi connectivity index (χ1v) is 5.68. The number of rotatable bonds is 4. The SMILES string of the molecule is CC(NCc1cc(Cl)ccc1F)C(=O)N(C)C. The molecule has 1 N–H and O–H groups in total. The van der Waals surface area contributed by atoms with E-state index in [4.69, 9.17) is 11.6 Å². The first kappa shape index (κ1) is 13.9. The zero-order valence-corrected chi connectivity index (χ0v) is 10.9. The summed E-state index contributed by atoms with van der Waals surface area (Å²) in [6.45, 7) is 2.01. The molecule has 0 aliphatic rings. The predicted molar refractivity (Wildman–Crippen MR) is 66.4 cm³/mol. The molecular formula is C12H16ClFN2O. The zero-order valence-electron chi connectivity index (χ0n) is 10.1. The van der Waals surface area contributed by atoms with Crippen molar-refractivity contribution in [3.8, 4) is 0 Å². The van der Waals surface area contributed by atoms with Gasteiger partial charge in [-0.25, -0.2) is 4.39 Å². The zero-order chi connectivity index (χ0) is 13.0. The number of nitrogens with zero attached hydrogens (tertiary/aromatic N) is 1. The molecule has 0 bridgehead atoms. The standard InChI is InChI=1S/C12H16ClFN2O/c1-8(12(17)16(2)3)15-7-9-6-10(13)4-5-11(9)14/h4-6,8,15H,7H2,1-3H3. The number of hydrogen-bond acceptors (Lipinski definition) is 2. The Bertz CT molecular complexity index is 409. The van der Waals surface area contributed by atoms with Crippen LogP contribution in [0.4, 0.5) is 4.39 Å². The molecule has 0 radical (unpaired) electrons. The molecule has 1 atom stereocenters. The molecule has 0 aliphatic heterocycles. The predicted octanol–water partition coefficient (Wildman–Crippen LogP) is 2.05. The minimum atomic E-state index is -0.358. The van der Waals surface area contributed by atoms with E-state index in [-0.39, 0.29) is 24.3 Å². The van der Waals surface area contributed by atoms with E-state index in [9.17, 15) is 9.18 Å². The van der Waals surface area contributed by atoms with Crippen molar-refractivity contribution in [1.29, 1.82) is 0 Å². The van der Waals surface area contributed by atoms with Gasteiger partial charge in [-0.05, 0) is 25.1 Å². The van der Waals surface area contributed by atoms with Gasteiger partial charge in [0.2, 0.25) is 5.91 Å². The van der Waals surface area contributed by atoms with Gasteiger partial charge in [-0.1, -0.05) is 11.6 Å². The third-order valence-electron chi connectivity index (χ3n) is 2.42. The Morgan fingerprint density at radius 3 is 2.76 bits per heavy atom. The summed E-state index contributed by atoms with van der Waals surface area (Å²) < 4.78 is 13.4. The lowest BCUT2D eigenvalue weighted by Crippen LogP contribution is -2.41. The van der Waals surface area contributed by atoms with Crippen LogP contribution in [0, 0.1) is 5.82 Å². The van der Waals surface area contributed by atoms with Crippen molar-refractivity contribution in [3.63, 3.8) is 0 Å². The highest BCUT2D eigenvalue weighted by atomic mass is 35.5. The topological polar surface area (TPSA) is 32.3 Å². The maximum Gasteiger partial charge on any atom is 0.238 e. The van der Waals surface area contributed by atoms with E-state index in [1.807, 2.05) is 0 Å². The smallest absolute Gasteiger partial charge is 0.238 e. The second kappa shape index (κ2) is 5.98. The van der Waals surface area contributed by atoms with E-state index in [2.05, 4.69) is 5.32 Å². The van der Waals surface area contributed by atoms with Gasteiger partial charge in [0.25, 0.3) is 0 Å². The molecule has 0 fully saturated rings. The molecule has 1 rings (SSSR count). The highest BCUT2D eigenvalue weighted by Gasteiger charge is 2.14. The van der Waals surface area contributed by atoms with Crippen molar-refractivity contribution >= 4 is 17.5 Å². The van der Waals surface area contributed by atoms with Gasteiger partial charge in [0.1, 0.15) is 5.82 Å². The van der Waals surface area contributed by atoms with Gasteiger partial charge in [-0.15, -0.1) is 0 Å². The molecule has 0 saturated carbocycles. The third-order valence-corrected chi connectivity index (χ3v) is 2.65. The van der Waals surface area contributed by atoms with Gasteiger partial charge in [-0.3, -0.25) is 4.79 Å². The number of carbonyl (C=O) groups excluding carboxylic acids is 1. The van der Waals surface area contributed by atoms with Crippen molar-refractivity contribution in [2.24, 2.45) is 0 Å². The fourth-order valence-electron chi connectivity index (χ4n) is 1.42. The van der Waals surface area contributed by atoms with Crippen molar-refractivity contribution in [2.45, 2.75) is 19.5 Å². The summed E-state index contributed by atoms with van der Waals surface area (Å²) in [5, 5.41) is 3.44. The lowest BCUT2D eigenvalue weighted by Gasteiger charge is -2.18. The van der Waals surface area contributed by atoms with Gasteiger partial charge in [0.05, 0.1) is 6.04 Å². The Morgan fingerprint density at radius 1 is 1.53 bits per heavy atom. The van der Waals surface area contributed by atoms with Crippen molar-refractivity contribution in [1.82, 2.24) is 10.2 Å². The van der Waals surface area contributed by atoms with Crippen LogP contribution in [-0.2, 0) is 11.3 Å². The van der Waals surface area contributed by atoms with Crippen LogP contribution in [0.2, 0.25) is 5.02 Å². The molecule has 94 valence electrons. The van der Waals surface area contributed by atoms with Crippen LogP contribution in [0.3, 0.4) is 0 Å². The highest BCUT2D eigenvalue weighted by molar-refractivity contribution is 6.30. The summed E-state index contributed by atoms with van der Waals surface area (Å²) in [6, 6.07) is 4.01. The van der Waals surface area contributed by atoms with Crippen LogP contribution in [0.5, 0.6) is 0 Å². The van der Waals surface area contributed by atoms with Crippen molar-refractivity contribution in [3.05, 3.63) is 34.6 Å². The van der Waals surface area contributed by atoms with E-state index in [1.54, 1.807) is 27.1 Å². The Kier molecular flexibility index (Phi) is 4.90. The highest BCUT2D eigenvalue weighted by Crippen LogP contribution is 2.14. The quantitative estimate of drug-likeness (QED) is 0.897. The Morgan fingerprint density at radius 2 is 2.18 bits per heavy atom. The summed E-state index contributed by atoms with van der Waals surface area (Å²) in [5.41, 5.74) is 0.455. The lowest BCUT2D eigenvalue weighted by molar-refractivity contribution is -0.130. The molecule has 0 saturated heterocycles. The average molecular weight is 259 g/mol. The summed E-state index contributed by atoms with van der Waals surface area (Å²) in [7, 11) is 3.36. The maximum absolute atomic E-state index is 13.4. The van der Waals surface area contributed by atoms with Gasteiger partial charge >= 0.3 is 0 Å². The monoisotopic (exact) mass is 258 g/mol. The first-order chi connectivity index (χ1) is 7.91. The van der Waals surface area contributed by atoms with Crippen LogP contribution in [0.25, 0.3) is 0 Å². The number of carbonyl (C=O) groups is 1. The minimum absolute atomic E-state index is 0.0487. The van der Waals surface area contributed by atoms with Crippen molar-refractivity contribution in [2.75, 3.05) is 14.1 Å². The molecule has 5 heteroatoms. The average Bonchev–Trinajstić information content (AvgIpc) is 2.28. The number of halogens is 2. The second-order valence-corrected chi connectivity index (χ2v) is 4.51. The summed E-state index contributed by atoms with van der Waals surface area (Å²) in [5.74, 6) is -0.376. The van der Waals surface area contributed by atoms with Crippen LogP contribution in [0.15, 0.2) is 18.2 Å². The molecule has 1 aromatic carbocycles. The van der Waals surface area contributed by atoms with E-state index >= 15 is 0 Å². The molecule has 0 aromatic heterocycles. The first-order valence-electron chi connectivity index (χ1n) is 5.30. The lowest BCUT2D eigenvalue weighted by atomic mass is 10.2. The van der Waals surface area contributed by atoms with Crippen LogP contribution in [0.1, 0.15) is 12.5 Å². The Hall–Kier alpha value is -1.13. The fourth-order valence-corrected chi connectivity index (χ4v) is 1.61. The molecule has 1 aromatic rings. The number of hydrogen-bond donors (Lipinski definition) is 1. The van der Waals surface area contributed by atoms with Crippen LogP contribution in [-0.4, -0.2) is 30.9 Å². The Balaban J connectivity index is 2.61. The molecule has 3 nitrogen and oxygen atoms in total. The summed E-state index contributed by atoms with van der Waals surface area (Å²) in [4.78, 5) is 13.1. The number of amides is 1. The number of likely N-dealkylation sites (N-methyl/N-ethyl adjacent to an activating group) is 1. The van der Waals surface area contributed by atoms with Crippen LogP contribution < -0.4 is 5.32 Å². The van der Waals surface area contributed by atoms with Crippen molar-refractivity contribution < 1.29 is 9.18 Å². The molecule has 1 amide bonds. The second-order valence-electron chi connectivity index (χ2n) is 4.07. The van der Waals surface area contributed by atoms with E-state index < -0.39 is 0 Å². The molecule has 17 heavy (non-hydrogen) atoms. The molecule has 0 heterocycles. The van der Waals surface area contributed by atoms with Gasteiger partial charge in [-0.2, -0.15) is 0 Å². The molecule has 0 spiro atoms. The molecular weight excluding hydrogens is 243 g/mol. The summed E-state index contributed by atoms with van der Waals surface area (Å²) in [6.07, 6.45) is 0. The molecule has 0 aliphatic carbocycles. The molecule has 1 unspecified atom stereocenters. The van der Waals surface area contributed by atoms with E-state index in [0.29, 0.717) is 10.6 Å². The summed E-state index contributed by atoms with van der Waals surface area (Å²) >= 11 is 5.78.